The average Bonchev–Trinajstić information content (AvgIpc) is 2.38. The van der Waals surface area contributed by atoms with Crippen molar-refractivity contribution in [1.82, 2.24) is 4.98 Å². The Bertz CT molecular complexity index is 694. The molecule has 7 heteroatoms. The predicted octanol–water partition coefficient (Wildman–Crippen LogP) is 4.34. The molecule has 3 nitrogen and oxygen atoms in total. The third kappa shape index (κ3) is 3.13. The highest BCUT2D eigenvalue weighted by Gasteiger charge is 2.15. The van der Waals surface area contributed by atoms with Crippen molar-refractivity contribution in [1.29, 1.82) is 0 Å². The minimum Gasteiger partial charge on any atom is -0.319 e. The second-order valence-electron chi connectivity index (χ2n) is 4.03. The Morgan fingerprint density at radius 3 is 2.70 bits per heavy atom. The normalized spacial score (nSPS) is 10.4. The SMILES string of the molecule is Cc1cc(F)c(NC(=O)c2cc(Br)cnc2Cl)cc1F. The van der Waals surface area contributed by atoms with E-state index < -0.39 is 17.5 Å². The first-order valence-corrected chi connectivity index (χ1v) is 6.63. The molecule has 0 radical (unpaired) electrons. The van der Waals surface area contributed by atoms with Gasteiger partial charge in [-0.25, -0.2) is 13.8 Å². The number of rotatable bonds is 2. The summed E-state index contributed by atoms with van der Waals surface area (Å²) in [6.07, 6.45) is 1.42. The second kappa shape index (κ2) is 5.85. The van der Waals surface area contributed by atoms with E-state index in [1.165, 1.54) is 19.2 Å². The van der Waals surface area contributed by atoms with Crippen molar-refractivity contribution in [3.63, 3.8) is 0 Å². The molecule has 1 aromatic carbocycles. The highest BCUT2D eigenvalue weighted by Crippen LogP contribution is 2.22. The molecule has 0 aliphatic rings. The smallest absolute Gasteiger partial charge is 0.258 e. The fourth-order valence-corrected chi connectivity index (χ4v) is 2.03. The lowest BCUT2D eigenvalue weighted by atomic mass is 10.2. The van der Waals surface area contributed by atoms with E-state index in [4.69, 9.17) is 11.6 Å². The first-order valence-electron chi connectivity index (χ1n) is 5.46. The zero-order valence-corrected chi connectivity index (χ0v) is 12.5. The van der Waals surface area contributed by atoms with E-state index in [2.05, 4.69) is 26.2 Å². The summed E-state index contributed by atoms with van der Waals surface area (Å²) in [7, 11) is 0. The molecule has 2 aromatic rings. The van der Waals surface area contributed by atoms with Gasteiger partial charge in [-0.05, 0) is 40.5 Å². The average molecular weight is 362 g/mol. The van der Waals surface area contributed by atoms with Gasteiger partial charge in [-0.1, -0.05) is 11.6 Å². The number of aryl methyl sites for hydroxylation is 1. The monoisotopic (exact) mass is 360 g/mol. The lowest BCUT2D eigenvalue weighted by Crippen LogP contribution is -2.14. The van der Waals surface area contributed by atoms with Crippen LogP contribution in [-0.4, -0.2) is 10.9 Å². The molecule has 104 valence electrons. The molecular weight excluding hydrogens is 354 g/mol. The molecule has 0 aliphatic heterocycles. The topological polar surface area (TPSA) is 42.0 Å². The van der Waals surface area contributed by atoms with Crippen LogP contribution in [0.3, 0.4) is 0 Å². The van der Waals surface area contributed by atoms with Crippen LogP contribution >= 0.6 is 27.5 Å². The van der Waals surface area contributed by atoms with E-state index in [-0.39, 0.29) is 22.0 Å². The van der Waals surface area contributed by atoms with Gasteiger partial charge in [0.25, 0.3) is 5.91 Å². The molecule has 2 rings (SSSR count). The van der Waals surface area contributed by atoms with Crippen LogP contribution in [0, 0.1) is 18.6 Å². The summed E-state index contributed by atoms with van der Waals surface area (Å²) in [5.74, 6) is -2.01. The van der Waals surface area contributed by atoms with Gasteiger partial charge in [0, 0.05) is 16.7 Å². The van der Waals surface area contributed by atoms with Gasteiger partial charge < -0.3 is 5.32 Å². The Labute approximate surface area is 127 Å². The standard InChI is InChI=1S/C13H8BrClF2N2O/c1-6-2-10(17)11(4-9(6)16)19-13(20)8-3-7(14)5-18-12(8)15/h2-5H,1H3,(H,19,20). The van der Waals surface area contributed by atoms with Gasteiger partial charge in [0.05, 0.1) is 11.3 Å². The summed E-state index contributed by atoms with van der Waals surface area (Å²) in [4.78, 5) is 15.8. The predicted molar refractivity (Wildman–Crippen MR) is 76.0 cm³/mol. The van der Waals surface area contributed by atoms with Crippen LogP contribution in [0.1, 0.15) is 15.9 Å². The minimum absolute atomic E-state index is 0.0290. The Morgan fingerprint density at radius 2 is 2.00 bits per heavy atom. The Morgan fingerprint density at radius 1 is 1.30 bits per heavy atom. The first-order chi connectivity index (χ1) is 9.38. The first kappa shape index (κ1) is 14.9. The van der Waals surface area contributed by atoms with E-state index >= 15 is 0 Å². The number of nitrogens with one attached hydrogen (secondary N) is 1. The van der Waals surface area contributed by atoms with Gasteiger partial charge in [0.1, 0.15) is 16.8 Å². The van der Waals surface area contributed by atoms with E-state index in [0.29, 0.717) is 4.47 Å². The number of anilines is 1. The molecule has 20 heavy (non-hydrogen) atoms. The van der Waals surface area contributed by atoms with Crippen molar-refractivity contribution < 1.29 is 13.6 Å². The van der Waals surface area contributed by atoms with Gasteiger partial charge in [-0.2, -0.15) is 0 Å². The highest BCUT2D eigenvalue weighted by molar-refractivity contribution is 9.10. The fraction of sp³-hybridized carbons (Fsp3) is 0.0769. The molecular formula is C13H8BrClF2N2O. The molecule has 1 amide bonds. The number of halogens is 4. The fourth-order valence-electron chi connectivity index (χ4n) is 1.51. The second-order valence-corrected chi connectivity index (χ2v) is 5.30. The Hall–Kier alpha value is -1.53. The van der Waals surface area contributed by atoms with Crippen molar-refractivity contribution in [3.05, 3.63) is 56.8 Å². The highest BCUT2D eigenvalue weighted by atomic mass is 79.9. The van der Waals surface area contributed by atoms with Gasteiger partial charge in [-0.15, -0.1) is 0 Å². The number of aromatic nitrogens is 1. The number of hydrogen-bond acceptors (Lipinski definition) is 2. The third-order valence-electron chi connectivity index (χ3n) is 2.55. The van der Waals surface area contributed by atoms with Crippen molar-refractivity contribution in [3.8, 4) is 0 Å². The van der Waals surface area contributed by atoms with Crippen LogP contribution in [0.15, 0.2) is 28.9 Å². The quantitative estimate of drug-likeness (QED) is 0.809. The summed E-state index contributed by atoms with van der Waals surface area (Å²) in [6.45, 7) is 1.43. The largest absolute Gasteiger partial charge is 0.319 e. The van der Waals surface area contributed by atoms with Crippen LogP contribution in [0.4, 0.5) is 14.5 Å². The van der Waals surface area contributed by atoms with Crippen LogP contribution in [0.5, 0.6) is 0 Å². The van der Waals surface area contributed by atoms with Gasteiger partial charge in [0.15, 0.2) is 0 Å². The molecule has 0 bridgehead atoms. The van der Waals surface area contributed by atoms with E-state index in [1.54, 1.807) is 0 Å². The summed E-state index contributed by atoms with van der Waals surface area (Å²) in [5.41, 5.74) is -0.0433. The molecule has 1 aromatic heterocycles. The third-order valence-corrected chi connectivity index (χ3v) is 3.28. The molecule has 0 saturated carbocycles. The van der Waals surface area contributed by atoms with Crippen molar-refractivity contribution >= 4 is 39.1 Å². The van der Waals surface area contributed by atoms with E-state index in [9.17, 15) is 13.6 Å². The van der Waals surface area contributed by atoms with E-state index in [1.807, 2.05) is 0 Å². The number of benzene rings is 1. The van der Waals surface area contributed by atoms with E-state index in [0.717, 1.165) is 12.1 Å². The van der Waals surface area contributed by atoms with Crippen LogP contribution in [0.2, 0.25) is 5.15 Å². The van der Waals surface area contributed by atoms with Gasteiger partial charge >= 0.3 is 0 Å². The molecule has 0 fully saturated rings. The lowest BCUT2D eigenvalue weighted by molar-refractivity contribution is 0.102. The zero-order valence-electron chi connectivity index (χ0n) is 10.2. The number of carbonyl (C=O) groups excluding carboxylic acids is 1. The van der Waals surface area contributed by atoms with Crippen LogP contribution < -0.4 is 5.32 Å². The zero-order chi connectivity index (χ0) is 14.9. The lowest BCUT2D eigenvalue weighted by Gasteiger charge is -2.09. The molecule has 0 spiro atoms. The maximum Gasteiger partial charge on any atom is 0.258 e. The number of hydrogen-bond donors (Lipinski definition) is 1. The number of amides is 1. The summed E-state index contributed by atoms with van der Waals surface area (Å²) >= 11 is 8.94. The summed E-state index contributed by atoms with van der Waals surface area (Å²) in [5, 5.41) is 2.23. The maximum absolute atomic E-state index is 13.6. The van der Waals surface area contributed by atoms with Crippen LogP contribution in [0.25, 0.3) is 0 Å². The number of carbonyl (C=O) groups is 1. The molecule has 1 heterocycles. The molecule has 1 N–H and O–H groups in total. The van der Waals surface area contributed by atoms with Gasteiger partial charge in [0.2, 0.25) is 0 Å². The summed E-state index contributed by atoms with van der Waals surface area (Å²) < 4.78 is 27.6. The molecule has 0 saturated heterocycles. The van der Waals surface area contributed by atoms with Gasteiger partial charge in [-0.3, -0.25) is 4.79 Å². The minimum atomic E-state index is -0.726. The number of nitrogens with zero attached hydrogens (tertiary/aromatic N) is 1. The van der Waals surface area contributed by atoms with Crippen molar-refractivity contribution in [2.75, 3.05) is 5.32 Å². The van der Waals surface area contributed by atoms with Crippen LogP contribution in [-0.2, 0) is 0 Å². The van der Waals surface area contributed by atoms with Crippen molar-refractivity contribution in [2.45, 2.75) is 6.92 Å². The Balaban J connectivity index is 2.32. The Kier molecular flexibility index (Phi) is 4.35. The molecule has 0 atom stereocenters. The molecule has 0 unspecified atom stereocenters. The molecule has 0 aliphatic carbocycles. The van der Waals surface area contributed by atoms with Crippen molar-refractivity contribution in [2.24, 2.45) is 0 Å². The number of pyridine rings is 1. The summed E-state index contributed by atoms with van der Waals surface area (Å²) in [6, 6.07) is 3.36. The maximum atomic E-state index is 13.6.